The minimum atomic E-state index is 0.139. The van der Waals surface area contributed by atoms with E-state index in [1.165, 1.54) is 0 Å². The molecule has 0 aliphatic heterocycles. The van der Waals surface area contributed by atoms with E-state index in [9.17, 15) is 0 Å². The number of rotatable bonds is 6. The first-order valence-corrected chi connectivity index (χ1v) is 5.20. The number of hydrogen-bond donors (Lipinski definition) is 1. The summed E-state index contributed by atoms with van der Waals surface area (Å²) < 4.78 is 5.58. The van der Waals surface area contributed by atoms with Crippen molar-refractivity contribution in [1.29, 1.82) is 0 Å². The molecule has 0 saturated carbocycles. The van der Waals surface area contributed by atoms with Gasteiger partial charge in [0.1, 0.15) is 0 Å². The summed E-state index contributed by atoms with van der Waals surface area (Å²) in [6, 6.07) is 3.86. The fraction of sp³-hybridized carbons (Fsp3) is 0.417. The minimum absolute atomic E-state index is 0.139. The first kappa shape index (κ1) is 11.6. The van der Waals surface area contributed by atoms with E-state index in [0.29, 0.717) is 5.88 Å². The van der Waals surface area contributed by atoms with Crippen molar-refractivity contribution >= 4 is 5.69 Å². The van der Waals surface area contributed by atoms with Crippen LogP contribution in [0.25, 0.3) is 0 Å². The van der Waals surface area contributed by atoms with Gasteiger partial charge in [0.05, 0.1) is 11.8 Å². The summed E-state index contributed by atoms with van der Waals surface area (Å²) in [6.07, 6.45) is 4.68. The van der Waals surface area contributed by atoms with Gasteiger partial charge in [-0.3, -0.25) is 0 Å². The van der Waals surface area contributed by atoms with Crippen LogP contribution in [-0.4, -0.2) is 17.6 Å². The van der Waals surface area contributed by atoms with Gasteiger partial charge in [-0.15, -0.1) is 6.58 Å². The molecule has 0 atom stereocenters. The lowest BCUT2D eigenvalue weighted by Gasteiger charge is -2.13. The van der Waals surface area contributed by atoms with E-state index in [1.54, 1.807) is 6.20 Å². The highest BCUT2D eigenvalue weighted by Crippen LogP contribution is 2.21. The Morgan fingerprint density at radius 3 is 3.07 bits per heavy atom. The Kier molecular flexibility index (Phi) is 4.68. The van der Waals surface area contributed by atoms with Crippen LogP contribution in [0.1, 0.15) is 20.3 Å². The molecule has 0 radical (unpaired) electrons. The molecule has 1 aromatic rings. The first-order valence-electron chi connectivity index (χ1n) is 5.20. The second-order valence-electron chi connectivity index (χ2n) is 3.53. The van der Waals surface area contributed by atoms with Crippen molar-refractivity contribution in [1.82, 2.24) is 4.98 Å². The number of hydrogen-bond acceptors (Lipinski definition) is 3. The SMILES string of the molecule is C=CCCNc1cccnc1OC(C)C. The molecule has 0 saturated heterocycles. The zero-order chi connectivity index (χ0) is 11.1. The molecule has 0 unspecified atom stereocenters. The summed E-state index contributed by atoms with van der Waals surface area (Å²) in [7, 11) is 0. The fourth-order valence-corrected chi connectivity index (χ4v) is 1.15. The largest absolute Gasteiger partial charge is 0.473 e. The van der Waals surface area contributed by atoms with Crippen molar-refractivity contribution in [3.8, 4) is 5.88 Å². The van der Waals surface area contributed by atoms with Gasteiger partial charge in [-0.25, -0.2) is 4.98 Å². The number of anilines is 1. The molecule has 15 heavy (non-hydrogen) atoms. The first-order chi connectivity index (χ1) is 7.24. The molecule has 1 heterocycles. The number of nitrogens with zero attached hydrogens (tertiary/aromatic N) is 1. The molecule has 1 N–H and O–H groups in total. The fourth-order valence-electron chi connectivity index (χ4n) is 1.15. The van der Waals surface area contributed by atoms with Crippen LogP contribution in [0.2, 0.25) is 0 Å². The minimum Gasteiger partial charge on any atom is -0.473 e. The molecule has 1 rings (SSSR count). The number of pyridine rings is 1. The number of aromatic nitrogens is 1. The molecule has 1 aromatic heterocycles. The van der Waals surface area contributed by atoms with E-state index < -0.39 is 0 Å². The molecule has 0 fully saturated rings. The van der Waals surface area contributed by atoms with Gasteiger partial charge in [0.15, 0.2) is 0 Å². The van der Waals surface area contributed by atoms with Gasteiger partial charge >= 0.3 is 0 Å². The zero-order valence-electron chi connectivity index (χ0n) is 9.36. The van der Waals surface area contributed by atoms with E-state index in [1.807, 2.05) is 32.1 Å². The van der Waals surface area contributed by atoms with E-state index in [0.717, 1.165) is 18.7 Å². The third kappa shape index (κ3) is 4.02. The molecule has 3 heteroatoms. The third-order valence-electron chi connectivity index (χ3n) is 1.78. The van der Waals surface area contributed by atoms with Crippen molar-refractivity contribution in [3.05, 3.63) is 31.0 Å². The van der Waals surface area contributed by atoms with Gasteiger partial charge in [0, 0.05) is 12.7 Å². The van der Waals surface area contributed by atoms with Crippen molar-refractivity contribution in [2.45, 2.75) is 26.4 Å². The van der Waals surface area contributed by atoms with Crippen LogP contribution in [0.4, 0.5) is 5.69 Å². The predicted molar refractivity (Wildman–Crippen MR) is 63.3 cm³/mol. The van der Waals surface area contributed by atoms with Gasteiger partial charge in [-0.05, 0) is 32.4 Å². The van der Waals surface area contributed by atoms with Gasteiger partial charge in [-0.2, -0.15) is 0 Å². The maximum Gasteiger partial charge on any atom is 0.237 e. The van der Waals surface area contributed by atoms with Crippen LogP contribution in [-0.2, 0) is 0 Å². The Hall–Kier alpha value is -1.51. The summed E-state index contributed by atoms with van der Waals surface area (Å²) in [6.45, 7) is 8.50. The molecule has 0 spiro atoms. The molecule has 0 aliphatic carbocycles. The van der Waals surface area contributed by atoms with Gasteiger partial charge in [-0.1, -0.05) is 6.08 Å². The van der Waals surface area contributed by atoms with Crippen molar-refractivity contribution < 1.29 is 4.74 Å². The quantitative estimate of drug-likeness (QED) is 0.574. The van der Waals surface area contributed by atoms with Gasteiger partial charge in [0.2, 0.25) is 5.88 Å². The molecule has 82 valence electrons. The lowest BCUT2D eigenvalue weighted by molar-refractivity contribution is 0.234. The Labute approximate surface area is 91.2 Å². The summed E-state index contributed by atoms with van der Waals surface area (Å²) in [5.41, 5.74) is 0.938. The van der Waals surface area contributed by atoms with Crippen LogP contribution >= 0.6 is 0 Å². The van der Waals surface area contributed by atoms with Gasteiger partial charge < -0.3 is 10.1 Å². The van der Waals surface area contributed by atoms with E-state index in [-0.39, 0.29) is 6.10 Å². The smallest absolute Gasteiger partial charge is 0.237 e. The van der Waals surface area contributed by atoms with Crippen LogP contribution in [0, 0.1) is 0 Å². The molecule has 0 aromatic carbocycles. The molecular weight excluding hydrogens is 188 g/mol. The van der Waals surface area contributed by atoms with E-state index in [4.69, 9.17) is 4.74 Å². The van der Waals surface area contributed by atoms with Crippen LogP contribution in [0.15, 0.2) is 31.0 Å². The Balaban J connectivity index is 2.63. The normalized spacial score (nSPS) is 10.1. The summed E-state index contributed by atoms with van der Waals surface area (Å²) in [4.78, 5) is 4.19. The highest BCUT2D eigenvalue weighted by Gasteiger charge is 2.04. The topological polar surface area (TPSA) is 34.2 Å². The number of ether oxygens (including phenoxy) is 1. The van der Waals surface area contributed by atoms with Crippen molar-refractivity contribution in [3.63, 3.8) is 0 Å². The van der Waals surface area contributed by atoms with E-state index in [2.05, 4.69) is 16.9 Å². The summed E-state index contributed by atoms with van der Waals surface area (Å²) in [5.74, 6) is 0.663. The van der Waals surface area contributed by atoms with Crippen LogP contribution in [0.3, 0.4) is 0 Å². The highest BCUT2D eigenvalue weighted by molar-refractivity contribution is 5.52. The second-order valence-corrected chi connectivity index (χ2v) is 3.53. The molecular formula is C12H18N2O. The van der Waals surface area contributed by atoms with Crippen LogP contribution < -0.4 is 10.1 Å². The van der Waals surface area contributed by atoms with E-state index >= 15 is 0 Å². The summed E-state index contributed by atoms with van der Waals surface area (Å²) >= 11 is 0. The van der Waals surface area contributed by atoms with Crippen LogP contribution in [0.5, 0.6) is 5.88 Å². The van der Waals surface area contributed by atoms with Gasteiger partial charge in [0.25, 0.3) is 0 Å². The highest BCUT2D eigenvalue weighted by atomic mass is 16.5. The third-order valence-corrected chi connectivity index (χ3v) is 1.78. The number of nitrogens with one attached hydrogen (secondary N) is 1. The predicted octanol–water partition coefficient (Wildman–Crippen LogP) is 2.86. The lowest BCUT2D eigenvalue weighted by Crippen LogP contribution is -2.10. The average molecular weight is 206 g/mol. The Morgan fingerprint density at radius 1 is 1.60 bits per heavy atom. The molecule has 0 aliphatic rings. The molecule has 0 bridgehead atoms. The van der Waals surface area contributed by atoms with Crippen molar-refractivity contribution in [2.24, 2.45) is 0 Å². The monoisotopic (exact) mass is 206 g/mol. The lowest BCUT2D eigenvalue weighted by atomic mass is 10.3. The Morgan fingerprint density at radius 2 is 2.40 bits per heavy atom. The molecule has 3 nitrogen and oxygen atoms in total. The maximum absolute atomic E-state index is 5.58. The zero-order valence-corrected chi connectivity index (χ0v) is 9.36. The average Bonchev–Trinajstić information content (AvgIpc) is 2.20. The summed E-state index contributed by atoms with van der Waals surface area (Å²) in [5, 5.41) is 3.26. The maximum atomic E-state index is 5.58. The standard InChI is InChI=1S/C12H18N2O/c1-4-5-8-13-11-7-6-9-14-12(11)15-10(2)3/h4,6-7,9-10,13H,1,5,8H2,2-3H3. The molecule has 0 amide bonds. The van der Waals surface area contributed by atoms with Crippen molar-refractivity contribution in [2.75, 3.05) is 11.9 Å². The second kappa shape index (κ2) is 6.06. The Bertz CT molecular complexity index is 310.